The molecule has 0 aliphatic heterocycles. The summed E-state index contributed by atoms with van der Waals surface area (Å²) in [5.41, 5.74) is 0.257. The maximum atomic E-state index is 13.6. The minimum atomic E-state index is -4.75. The fraction of sp³-hybridized carbons (Fsp3) is 0.174. The molecule has 6 nitrogen and oxygen atoms in total. The summed E-state index contributed by atoms with van der Waals surface area (Å²) >= 11 is 0. The number of rotatable bonds is 7. The first kappa shape index (κ1) is 24.1. The predicted octanol–water partition coefficient (Wildman–Crippen LogP) is 4.84. The molecule has 33 heavy (non-hydrogen) atoms. The lowest BCUT2D eigenvalue weighted by Gasteiger charge is -2.22. The van der Waals surface area contributed by atoms with Gasteiger partial charge in [-0.05, 0) is 54.4 Å². The number of methoxy groups -OCH3 is 1. The first-order valence-corrected chi connectivity index (χ1v) is 11.2. The third-order valence-corrected chi connectivity index (χ3v) is 6.22. The molecule has 0 saturated heterocycles. The molecule has 1 unspecified atom stereocenters. The molecular formula is C23H21F3N2O4S. The van der Waals surface area contributed by atoms with E-state index in [-0.39, 0.29) is 21.7 Å². The molecule has 3 aromatic rings. The Morgan fingerprint density at radius 3 is 2.18 bits per heavy atom. The van der Waals surface area contributed by atoms with Crippen LogP contribution in [0.25, 0.3) is 0 Å². The van der Waals surface area contributed by atoms with Gasteiger partial charge in [0.1, 0.15) is 5.75 Å². The monoisotopic (exact) mass is 478 g/mol. The van der Waals surface area contributed by atoms with Crippen LogP contribution in [0.4, 0.5) is 18.9 Å². The van der Waals surface area contributed by atoms with Crippen molar-refractivity contribution in [3.63, 3.8) is 0 Å². The van der Waals surface area contributed by atoms with Gasteiger partial charge in [0.2, 0.25) is 0 Å². The molecule has 0 aromatic heterocycles. The Balaban J connectivity index is 1.88. The molecule has 0 aliphatic carbocycles. The Bertz CT molecular complexity index is 1230. The number of carbonyl (C=O) groups excluding carboxylic acids is 1. The van der Waals surface area contributed by atoms with Gasteiger partial charge < -0.3 is 10.1 Å². The van der Waals surface area contributed by atoms with Crippen LogP contribution in [-0.2, 0) is 10.0 Å². The van der Waals surface area contributed by atoms with E-state index in [0.717, 1.165) is 6.07 Å². The highest BCUT2D eigenvalue weighted by Crippen LogP contribution is 2.33. The van der Waals surface area contributed by atoms with Gasteiger partial charge in [0.05, 0.1) is 12.0 Å². The van der Waals surface area contributed by atoms with Gasteiger partial charge in [-0.1, -0.05) is 36.4 Å². The van der Waals surface area contributed by atoms with Crippen LogP contribution in [0.3, 0.4) is 0 Å². The number of aryl methyl sites for hydroxylation is 1. The number of anilines is 1. The van der Waals surface area contributed by atoms with Crippen LogP contribution in [-0.4, -0.2) is 27.6 Å². The average molecular weight is 478 g/mol. The van der Waals surface area contributed by atoms with Crippen LogP contribution in [0.1, 0.15) is 27.5 Å². The van der Waals surface area contributed by atoms with Crippen molar-refractivity contribution < 1.29 is 31.1 Å². The largest absolute Gasteiger partial charge is 0.497 e. The molecule has 0 radical (unpaired) electrons. The molecule has 0 spiro atoms. The zero-order valence-corrected chi connectivity index (χ0v) is 18.5. The van der Waals surface area contributed by atoms with Crippen molar-refractivity contribution in [2.75, 3.05) is 11.8 Å². The van der Waals surface area contributed by atoms with Crippen LogP contribution >= 0.6 is 0 Å². The van der Waals surface area contributed by atoms with E-state index in [2.05, 4.69) is 4.72 Å². The maximum absolute atomic E-state index is 13.6. The third kappa shape index (κ3) is 5.83. The SMILES string of the molecule is COc1ccc(NS(=O)(=O)c2ccc(C)c(C(=O)NC(c3ccccc3)C(F)(F)F)c2)cc1. The number of hydrogen-bond acceptors (Lipinski definition) is 4. The number of amides is 1. The standard InChI is InChI=1S/C23H21F3N2O4S/c1-15-8-13-19(33(30,31)28-17-9-11-18(32-2)12-10-17)14-20(15)22(29)27-21(23(24,25)26)16-6-4-3-5-7-16/h3-14,21,28H,1-2H3,(H,27,29). The molecule has 0 bridgehead atoms. The maximum Gasteiger partial charge on any atom is 0.412 e. The predicted molar refractivity (Wildman–Crippen MR) is 118 cm³/mol. The number of alkyl halides is 3. The van der Waals surface area contributed by atoms with Gasteiger partial charge in [-0.2, -0.15) is 13.2 Å². The smallest absolute Gasteiger partial charge is 0.412 e. The molecule has 3 aromatic carbocycles. The summed E-state index contributed by atoms with van der Waals surface area (Å²) in [6, 6.07) is 14.5. The van der Waals surface area contributed by atoms with Crippen molar-refractivity contribution in [3.8, 4) is 5.75 Å². The third-order valence-electron chi connectivity index (χ3n) is 4.84. The zero-order valence-electron chi connectivity index (χ0n) is 17.7. The number of nitrogens with one attached hydrogen (secondary N) is 2. The molecule has 0 aliphatic rings. The van der Waals surface area contributed by atoms with E-state index < -0.39 is 28.1 Å². The first-order valence-electron chi connectivity index (χ1n) is 9.71. The van der Waals surface area contributed by atoms with E-state index in [0.29, 0.717) is 11.3 Å². The van der Waals surface area contributed by atoms with E-state index in [1.165, 1.54) is 62.6 Å². The second-order valence-electron chi connectivity index (χ2n) is 7.17. The van der Waals surface area contributed by atoms with Crippen molar-refractivity contribution in [2.24, 2.45) is 0 Å². The summed E-state index contributed by atoms with van der Waals surface area (Å²) in [5.74, 6) is -0.509. The Morgan fingerprint density at radius 2 is 1.61 bits per heavy atom. The summed E-state index contributed by atoms with van der Waals surface area (Å²) in [5, 5.41) is 1.98. The minimum absolute atomic E-state index is 0.138. The average Bonchev–Trinajstić information content (AvgIpc) is 2.77. The van der Waals surface area contributed by atoms with E-state index in [4.69, 9.17) is 4.74 Å². The lowest BCUT2D eigenvalue weighted by atomic mass is 10.0. The molecular weight excluding hydrogens is 457 g/mol. The van der Waals surface area contributed by atoms with Gasteiger partial charge >= 0.3 is 6.18 Å². The molecule has 1 atom stereocenters. The summed E-state index contributed by atoms with van der Waals surface area (Å²) in [7, 11) is -2.64. The van der Waals surface area contributed by atoms with Crippen molar-refractivity contribution in [1.82, 2.24) is 5.32 Å². The molecule has 0 heterocycles. The van der Waals surface area contributed by atoms with Gasteiger partial charge in [0.25, 0.3) is 15.9 Å². The summed E-state index contributed by atoms with van der Waals surface area (Å²) in [6.45, 7) is 1.51. The summed E-state index contributed by atoms with van der Waals surface area (Å²) < 4.78 is 73.8. The van der Waals surface area contributed by atoms with Crippen LogP contribution in [0.2, 0.25) is 0 Å². The lowest BCUT2D eigenvalue weighted by Crippen LogP contribution is -2.38. The van der Waals surface area contributed by atoms with Gasteiger partial charge in [0, 0.05) is 11.3 Å². The van der Waals surface area contributed by atoms with Crippen LogP contribution in [0.5, 0.6) is 5.75 Å². The number of halogens is 3. The molecule has 1 amide bonds. The summed E-state index contributed by atoms with van der Waals surface area (Å²) in [6.07, 6.45) is -4.75. The molecule has 2 N–H and O–H groups in total. The van der Waals surface area contributed by atoms with Gasteiger partial charge in [0.15, 0.2) is 6.04 Å². The summed E-state index contributed by atoms with van der Waals surface area (Å²) in [4.78, 5) is 12.5. The van der Waals surface area contributed by atoms with Gasteiger partial charge in [-0.25, -0.2) is 8.42 Å². The quantitative estimate of drug-likeness (QED) is 0.509. The number of benzene rings is 3. The van der Waals surface area contributed by atoms with Crippen molar-refractivity contribution >= 4 is 21.6 Å². The van der Waals surface area contributed by atoms with E-state index >= 15 is 0 Å². The highest BCUT2D eigenvalue weighted by Gasteiger charge is 2.42. The number of sulfonamides is 1. The van der Waals surface area contributed by atoms with Crippen molar-refractivity contribution in [2.45, 2.75) is 24.0 Å². The van der Waals surface area contributed by atoms with E-state index in [9.17, 15) is 26.4 Å². The Labute approximate surface area is 189 Å². The number of ether oxygens (including phenoxy) is 1. The molecule has 3 rings (SSSR count). The lowest BCUT2D eigenvalue weighted by molar-refractivity contribution is -0.155. The Morgan fingerprint density at radius 1 is 0.970 bits per heavy atom. The second-order valence-corrected chi connectivity index (χ2v) is 8.85. The number of carbonyl (C=O) groups is 1. The van der Waals surface area contributed by atoms with E-state index in [1.807, 2.05) is 5.32 Å². The highest BCUT2D eigenvalue weighted by molar-refractivity contribution is 7.92. The number of hydrogen-bond donors (Lipinski definition) is 2. The van der Waals surface area contributed by atoms with Crippen LogP contribution < -0.4 is 14.8 Å². The van der Waals surface area contributed by atoms with Crippen LogP contribution in [0.15, 0.2) is 77.7 Å². The fourth-order valence-corrected chi connectivity index (χ4v) is 4.18. The Hall–Kier alpha value is -3.53. The minimum Gasteiger partial charge on any atom is -0.497 e. The van der Waals surface area contributed by atoms with Gasteiger partial charge in [-0.15, -0.1) is 0 Å². The topological polar surface area (TPSA) is 84.5 Å². The molecule has 10 heteroatoms. The highest BCUT2D eigenvalue weighted by atomic mass is 32.2. The van der Waals surface area contributed by atoms with Crippen LogP contribution in [0, 0.1) is 6.92 Å². The van der Waals surface area contributed by atoms with Gasteiger partial charge in [-0.3, -0.25) is 9.52 Å². The molecule has 0 saturated carbocycles. The molecule has 0 fully saturated rings. The fourth-order valence-electron chi connectivity index (χ4n) is 3.09. The van der Waals surface area contributed by atoms with Crippen molar-refractivity contribution in [1.29, 1.82) is 0 Å². The second kappa shape index (κ2) is 9.53. The van der Waals surface area contributed by atoms with Crippen molar-refractivity contribution in [3.05, 3.63) is 89.5 Å². The molecule has 174 valence electrons. The van der Waals surface area contributed by atoms with E-state index in [1.54, 1.807) is 18.2 Å². The first-order chi connectivity index (χ1) is 15.5. The Kier molecular flexibility index (Phi) is 6.97. The normalized spacial score (nSPS) is 12.6. The zero-order chi connectivity index (χ0) is 24.2.